The number of pyridine rings is 1. The van der Waals surface area contributed by atoms with Crippen molar-refractivity contribution >= 4 is 17.4 Å². The molecule has 0 bridgehead atoms. The monoisotopic (exact) mass is 285 g/mol. The number of aromatic nitrogens is 3. The number of carbonyl (C=O) groups excluding carboxylic acids is 1. The minimum atomic E-state index is -0.349. The van der Waals surface area contributed by atoms with E-state index in [-0.39, 0.29) is 11.9 Å². The summed E-state index contributed by atoms with van der Waals surface area (Å²) in [5.41, 5.74) is 0.710. The summed E-state index contributed by atoms with van der Waals surface area (Å²) in [5, 5.41) is 6.95. The van der Waals surface area contributed by atoms with E-state index in [0.717, 1.165) is 18.9 Å². The molecule has 0 saturated carbocycles. The number of amides is 1. The zero-order valence-electron chi connectivity index (χ0n) is 12.1. The van der Waals surface area contributed by atoms with Gasteiger partial charge in [-0.15, -0.1) is 0 Å². The van der Waals surface area contributed by atoms with E-state index in [1.807, 2.05) is 19.1 Å². The van der Waals surface area contributed by atoms with Crippen LogP contribution in [0, 0.1) is 0 Å². The molecule has 3 heterocycles. The van der Waals surface area contributed by atoms with Crippen LogP contribution >= 0.6 is 0 Å². The van der Waals surface area contributed by atoms with Gasteiger partial charge in [-0.05, 0) is 38.0 Å². The molecule has 6 nitrogen and oxygen atoms in total. The highest BCUT2D eigenvalue weighted by Crippen LogP contribution is 2.19. The summed E-state index contributed by atoms with van der Waals surface area (Å²) in [5.74, 6) is 0.875. The predicted molar refractivity (Wildman–Crippen MR) is 81.3 cm³/mol. The number of carbonyl (C=O) groups is 1. The second-order valence-corrected chi connectivity index (χ2v) is 5.25. The molecule has 6 heteroatoms. The Labute approximate surface area is 123 Å². The highest BCUT2D eigenvalue weighted by atomic mass is 16.2. The lowest BCUT2D eigenvalue weighted by molar-refractivity contribution is -0.119. The van der Waals surface area contributed by atoms with E-state index in [2.05, 4.69) is 20.3 Å². The van der Waals surface area contributed by atoms with Crippen LogP contribution in [0.1, 0.15) is 25.8 Å². The SMILES string of the molecule is C[C@@H](C(=O)Nc1ccc(N2CCCC2)nc1)n1cccn1. The molecule has 1 N–H and O–H groups in total. The van der Waals surface area contributed by atoms with E-state index in [0.29, 0.717) is 5.69 Å². The van der Waals surface area contributed by atoms with Crippen molar-refractivity contribution in [1.82, 2.24) is 14.8 Å². The molecule has 0 spiro atoms. The number of hydrogen-bond donors (Lipinski definition) is 1. The zero-order valence-corrected chi connectivity index (χ0v) is 12.1. The number of nitrogens with one attached hydrogen (secondary N) is 1. The number of rotatable bonds is 4. The molecular weight excluding hydrogens is 266 g/mol. The fraction of sp³-hybridized carbons (Fsp3) is 0.400. The fourth-order valence-electron chi connectivity index (χ4n) is 2.47. The Bertz CT molecular complexity index is 587. The topological polar surface area (TPSA) is 63.1 Å². The van der Waals surface area contributed by atoms with E-state index in [4.69, 9.17) is 0 Å². The Kier molecular flexibility index (Phi) is 3.85. The summed E-state index contributed by atoms with van der Waals surface area (Å²) in [4.78, 5) is 18.8. The molecule has 1 amide bonds. The van der Waals surface area contributed by atoms with Gasteiger partial charge in [0.2, 0.25) is 5.91 Å². The second-order valence-electron chi connectivity index (χ2n) is 5.25. The summed E-state index contributed by atoms with van der Waals surface area (Å²) >= 11 is 0. The molecule has 1 aliphatic rings. The van der Waals surface area contributed by atoms with Crippen LogP contribution in [0.5, 0.6) is 0 Å². The lowest BCUT2D eigenvalue weighted by atomic mass is 10.3. The summed E-state index contributed by atoms with van der Waals surface area (Å²) in [6, 6.07) is 5.31. The van der Waals surface area contributed by atoms with Gasteiger partial charge in [-0.2, -0.15) is 5.10 Å². The quantitative estimate of drug-likeness (QED) is 0.934. The van der Waals surface area contributed by atoms with Crippen molar-refractivity contribution in [3.63, 3.8) is 0 Å². The molecule has 0 aliphatic carbocycles. The van der Waals surface area contributed by atoms with Crippen molar-refractivity contribution in [3.8, 4) is 0 Å². The average molecular weight is 285 g/mol. The molecule has 1 fully saturated rings. The molecule has 2 aromatic heterocycles. The van der Waals surface area contributed by atoms with Crippen LogP contribution in [-0.4, -0.2) is 33.8 Å². The molecule has 21 heavy (non-hydrogen) atoms. The zero-order chi connectivity index (χ0) is 14.7. The number of hydrogen-bond acceptors (Lipinski definition) is 4. The average Bonchev–Trinajstić information content (AvgIpc) is 3.20. The summed E-state index contributed by atoms with van der Waals surface area (Å²) in [6.07, 6.45) is 7.60. The third-order valence-electron chi connectivity index (χ3n) is 3.75. The summed E-state index contributed by atoms with van der Waals surface area (Å²) in [6.45, 7) is 3.94. The van der Waals surface area contributed by atoms with Crippen molar-refractivity contribution < 1.29 is 4.79 Å². The van der Waals surface area contributed by atoms with Crippen LogP contribution in [0.3, 0.4) is 0 Å². The van der Waals surface area contributed by atoms with Crippen LogP contribution in [-0.2, 0) is 4.79 Å². The summed E-state index contributed by atoms with van der Waals surface area (Å²) < 4.78 is 1.63. The first-order valence-corrected chi connectivity index (χ1v) is 7.25. The maximum Gasteiger partial charge on any atom is 0.248 e. The second kappa shape index (κ2) is 5.95. The van der Waals surface area contributed by atoms with E-state index in [9.17, 15) is 4.79 Å². The normalized spacial score (nSPS) is 16.0. The Balaban J connectivity index is 1.63. The van der Waals surface area contributed by atoms with Crippen LogP contribution in [0.4, 0.5) is 11.5 Å². The fourth-order valence-corrected chi connectivity index (χ4v) is 2.47. The lowest BCUT2D eigenvalue weighted by Gasteiger charge is -2.17. The van der Waals surface area contributed by atoms with Crippen molar-refractivity contribution in [2.75, 3.05) is 23.3 Å². The van der Waals surface area contributed by atoms with E-state index >= 15 is 0 Å². The van der Waals surface area contributed by atoms with Crippen molar-refractivity contribution in [2.24, 2.45) is 0 Å². The first kappa shape index (κ1) is 13.6. The minimum absolute atomic E-state index is 0.102. The highest BCUT2D eigenvalue weighted by molar-refractivity contribution is 5.93. The Morgan fingerprint density at radius 1 is 1.33 bits per heavy atom. The van der Waals surface area contributed by atoms with Gasteiger partial charge in [-0.3, -0.25) is 9.48 Å². The molecule has 0 unspecified atom stereocenters. The Hall–Kier alpha value is -2.37. The molecule has 1 saturated heterocycles. The largest absolute Gasteiger partial charge is 0.357 e. The smallest absolute Gasteiger partial charge is 0.248 e. The molecule has 1 atom stereocenters. The van der Waals surface area contributed by atoms with Crippen molar-refractivity contribution in [2.45, 2.75) is 25.8 Å². The van der Waals surface area contributed by atoms with Gasteiger partial charge in [0.05, 0.1) is 11.9 Å². The van der Waals surface area contributed by atoms with E-state index in [1.54, 1.807) is 29.3 Å². The first-order chi connectivity index (χ1) is 10.2. The molecular formula is C15H19N5O. The van der Waals surface area contributed by atoms with Gasteiger partial charge in [0.1, 0.15) is 11.9 Å². The maximum atomic E-state index is 12.1. The van der Waals surface area contributed by atoms with Gasteiger partial charge in [-0.25, -0.2) is 4.98 Å². The minimum Gasteiger partial charge on any atom is -0.357 e. The Morgan fingerprint density at radius 2 is 2.14 bits per heavy atom. The molecule has 2 aromatic rings. The molecule has 3 rings (SSSR count). The van der Waals surface area contributed by atoms with Gasteiger partial charge < -0.3 is 10.2 Å². The van der Waals surface area contributed by atoms with E-state index < -0.39 is 0 Å². The van der Waals surface area contributed by atoms with Crippen LogP contribution < -0.4 is 10.2 Å². The Morgan fingerprint density at radius 3 is 2.76 bits per heavy atom. The molecule has 1 aliphatic heterocycles. The van der Waals surface area contributed by atoms with Crippen LogP contribution in [0.15, 0.2) is 36.8 Å². The number of anilines is 2. The highest BCUT2D eigenvalue weighted by Gasteiger charge is 2.16. The van der Waals surface area contributed by atoms with Gasteiger partial charge in [0.15, 0.2) is 0 Å². The van der Waals surface area contributed by atoms with Crippen molar-refractivity contribution in [3.05, 3.63) is 36.8 Å². The van der Waals surface area contributed by atoms with Crippen molar-refractivity contribution in [1.29, 1.82) is 0 Å². The molecule has 110 valence electrons. The molecule has 0 aromatic carbocycles. The number of nitrogens with zero attached hydrogens (tertiary/aromatic N) is 4. The van der Waals surface area contributed by atoms with E-state index in [1.165, 1.54) is 12.8 Å². The first-order valence-electron chi connectivity index (χ1n) is 7.25. The molecule has 0 radical (unpaired) electrons. The lowest BCUT2D eigenvalue weighted by Crippen LogP contribution is -2.24. The predicted octanol–water partition coefficient (Wildman–Crippen LogP) is 2.08. The van der Waals surface area contributed by atoms with Crippen LogP contribution in [0.2, 0.25) is 0 Å². The summed E-state index contributed by atoms with van der Waals surface area (Å²) in [7, 11) is 0. The third kappa shape index (κ3) is 3.04. The van der Waals surface area contributed by atoms with Gasteiger partial charge in [0, 0.05) is 25.5 Å². The third-order valence-corrected chi connectivity index (χ3v) is 3.75. The van der Waals surface area contributed by atoms with Crippen LogP contribution in [0.25, 0.3) is 0 Å². The van der Waals surface area contributed by atoms with Gasteiger partial charge >= 0.3 is 0 Å². The van der Waals surface area contributed by atoms with Gasteiger partial charge in [-0.1, -0.05) is 0 Å². The standard InChI is InChI=1S/C15H19N5O/c1-12(20-10-4-7-17-20)15(21)18-13-5-6-14(16-11-13)19-8-2-3-9-19/h4-7,10-12H,2-3,8-9H2,1H3,(H,18,21)/t12-/m0/s1. The van der Waals surface area contributed by atoms with Gasteiger partial charge in [0.25, 0.3) is 0 Å². The maximum absolute atomic E-state index is 12.1.